The molecule has 1 aliphatic carbocycles. The number of furan rings is 1. The fraction of sp³-hybridized carbons (Fsp3) is 0.524. The normalized spacial score (nSPS) is 19.8. The van der Waals surface area contributed by atoms with Crippen LogP contribution in [0.2, 0.25) is 0 Å². The Morgan fingerprint density at radius 1 is 1.29 bits per heavy atom. The van der Waals surface area contributed by atoms with Gasteiger partial charge in [-0.25, -0.2) is 0 Å². The first-order valence-electron chi connectivity index (χ1n) is 8.87. The topological polar surface area (TPSA) is 42.6 Å². The minimum Gasteiger partial charge on any atom is -0.497 e. The highest BCUT2D eigenvalue weighted by atomic mass is 16.5. The van der Waals surface area contributed by atoms with Crippen LogP contribution in [0.25, 0.3) is 11.0 Å². The quantitative estimate of drug-likeness (QED) is 0.744. The monoisotopic (exact) mass is 328 g/mol. The molecule has 1 aliphatic rings. The second-order valence-corrected chi connectivity index (χ2v) is 7.64. The number of rotatable bonds is 5. The van der Waals surface area contributed by atoms with Gasteiger partial charge in [-0.15, -0.1) is 0 Å². The molecule has 2 atom stereocenters. The summed E-state index contributed by atoms with van der Waals surface area (Å²) in [5.74, 6) is 1.92. The van der Waals surface area contributed by atoms with Crippen LogP contribution >= 0.6 is 0 Å². The Hall–Kier alpha value is -1.74. The molecule has 0 amide bonds. The fourth-order valence-corrected chi connectivity index (χ4v) is 3.80. The maximum Gasteiger partial charge on any atom is 0.134 e. The lowest BCUT2D eigenvalue weighted by molar-refractivity contribution is 0.153. The molecule has 130 valence electrons. The molecule has 3 nitrogen and oxygen atoms in total. The predicted molar refractivity (Wildman–Crippen MR) is 97.5 cm³/mol. The van der Waals surface area contributed by atoms with E-state index in [1.54, 1.807) is 7.11 Å². The average molecular weight is 328 g/mol. The van der Waals surface area contributed by atoms with Gasteiger partial charge in [-0.05, 0) is 60.9 Å². The molecule has 1 aromatic heterocycles. The third kappa shape index (κ3) is 3.36. The van der Waals surface area contributed by atoms with Crippen LogP contribution in [0, 0.1) is 5.41 Å². The van der Waals surface area contributed by atoms with Crippen molar-refractivity contribution in [1.29, 1.82) is 0 Å². The average Bonchev–Trinajstić information content (AvgIpc) is 2.97. The molecule has 0 spiro atoms. The number of fused-ring (bicyclic) bond motifs is 1. The summed E-state index contributed by atoms with van der Waals surface area (Å²) in [7, 11) is 1.67. The second kappa shape index (κ2) is 6.64. The number of ether oxygens (including phenoxy) is 1. The number of hydrogen-bond donors (Lipinski definition) is 1. The zero-order valence-electron chi connectivity index (χ0n) is 15.1. The van der Waals surface area contributed by atoms with E-state index in [0.717, 1.165) is 35.3 Å². The number of hydrogen-bond acceptors (Lipinski definition) is 3. The second-order valence-electron chi connectivity index (χ2n) is 7.64. The molecule has 0 aliphatic heterocycles. The van der Waals surface area contributed by atoms with Crippen molar-refractivity contribution in [2.75, 3.05) is 7.11 Å². The smallest absolute Gasteiger partial charge is 0.134 e. The highest BCUT2D eigenvalue weighted by Crippen LogP contribution is 2.41. The van der Waals surface area contributed by atoms with E-state index in [1.807, 2.05) is 18.2 Å². The summed E-state index contributed by atoms with van der Waals surface area (Å²) in [6.07, 6.45) is 5.96. The lowest BCUT2D eigenvalue weighted by Crippen LogP contribution is -2.28. The molecule has 0 bridgehead atoms. The molecule has 24 heavy (non-hydrogen) atoms. The molecular formula is C21H28O3. The van der Waals surface area contributed by atoms with Gasteiger partial charge < -0.3 is 14.3 Å². The number of benzene rings is 1. The van der Waals surface area contributed by atoms with Gasteiger partial charge >= 0.3 is 0 Å². The lowest BCUT2D eigenvalue weighted by Gasteiger charge is -2.35. The van der Waals surface area contributed by atoms with Crippen LogP contribution in [0.3, 0.4) is 0 Å². The Kier molecular flexibility index (Phi) is 4.73. The minimum absolute atomic E-state index is 0.0959. The third-order valence-electron chi connectivity index (χ3n) is 5.32. The van der Waals surface area contributed by atoms with Crippen molar-refractivity contribution in [2.45, 2.75) is 58.5 Å². The van der Waals surface area contributed by atoms with Crippen LogP contribution in [0.1, 0.15) is 58.1 Å². The van der Waals surface area contributed by atoms with E-state index >= 15 is 0 Å². The van der Waals surface area contributed by atoms with Gasteiger partial charge in [0, 0.05) is 11.3 Å². The van der Waals surface area contributed by atoms with E-state index in [-0.39, 0.29) is 11.3 Å². The molecule has 2 aromatic rings. The first kappa shape index (κ1) is 17.1. The summed E-state index contributed by atoms with van der Waals surface area (Å²) in [6, 6.07) is 7.89. The zero-order chi connectivity index (χ0) is 17.3. The highest BCUT2D eigenvalue weighted by molar-refractivity contribution is 5.79. The van der Waals surface area contributed by atoms with Crippen LogP contribution in [0.4, 0.5) is 0 Å². The van der Waals surface area contributed by atoms with Gasteiger partial charge in [-0.2, -0.15) is 0 Å². The molecule has 3 heteroatoms. The lowest BCUT2D eigenvalue weighted by atomic mass is 9.72. The van der Waals surface area contributed by atoms with E-state index in [2.05, 4.69) is 32.9 Å². The van der Waals surface area contributed by atoms with Crippen molar-refractivity contribution < 1.29 is 14.3 Å². The van der Waals surface area contributed by atoms with Gasteiger partial charge in [0.1, 0.15) is 17.1 Å². The van der Waals surface area contributed by atoms with E-state index in [9.17, 15) is 5.11 Å². The molecular weight excluding hydrogens is 300 g/mol. The third-order valence-corrected chi connectivity index (χ3v) is 5.32. The van der Waals surface area contributed by atoms with Crippen molar-refractivity contribution in [3.63, 3.8) is 0 Å². The van der Waals surface area contributed by atoms with Crippen molar-refractivity contribution in [1.82, 2.24) is 0 Å². The Bertz CT molecular complexity index is 739. The summed E-state index contributed by atoms with van der Waals surface area (Å²) < 4.78 is 11.3. The van der Waals surface area contributed by atoms with Gasteiger partial charge in [-0.3, -0.25) is 0 Å². The van der Waals surface area contributed by atoms with Crippen LogP contribution in [-0.4, -0.2) is 18.3 Å². The maximum atomic E-state index is 10.8. The molecule has 1 unspecified atom stereocenters. The SMILES string of the molecule is COc1ccc2oc([C@H](C)CC(O)C3=CCCCC3(C)C)cc2c1. The van der Waals surface area contributed by atoms with Gasteiger partial charge in [-0.1, -0.05) is 26.8 Å². The Morgan fingerprint density at radius 3 is 2.79 bits per heavy atom. The van der Waals surface area contributed by atoms with Crippen molar-refractivity contribution in [2.24, 2.45) is 5.41 Å². The van der Waals surface area contributed by atoms with E-state index < -0.39 is 6.10 Å². The summed E-state index contributed by atoms with van der Waals surface area (Å²) in [5.41, 5.74) is 2.15. The highest BCUT2D eigenvalue weighted by Gasteiger charge is 2.31. The maximum absolute atomic E-state index is 10.8. The van der Waals surface area contributed by atoms with Gasteiger partial charge in [0.05, 0.1) is 13.2 Å². The number of methoxy groups -OCH3 is 1. The van der Waals surface area contributed by atoms with Crippen LogP contribution in [0.5, 0.6) is 5.75 Å². The molecule has 0 fully saturated rings. The number of allylic oxidation sites excluding steroid dienone is 1. The molecule has 1 N–H and O–H groups in total. The van der Waals surface area contributed by atoms with Crippen molar-refractivity contribution in [3.05, 3.63) is 41.7 Å². The van der Waals surface area contributed by atoms with E-state index in [1.165, 1.54) is 12.0 Å². The van der Waals surface area contributed by atoms with E-state index in [0.29, 0.717) is 6.42 Å². The largest absolute Gasteiger partial charge is 0.497 e. The first-order chi connectivity index (χ1) is 11.4. The Morgan fingerprint density at radius 2 is 2.08 bits per heavy atom. The van der Waals surface area contributed by atoms with Gasteiger partial charge in [0.25, 0.3) is 0 Å². The fourth-order valence-electron chi connectivity index (χ4n) is 3.80. The van der Waals surface area contributed by atoms with Crippen LogP contribution in [0.15, 0.2) is 40.3 Å². The van der Waals surface area contributed by atoms with Crippen molar-refractivity contribution >= 4 is 11.0 Å². The first-order valence-corrected chi connectivity index (χ1v) is 8.87. The van der Waals surface area contributed by atoms with Crippen molar-refractivity contribution in [3.8, 4) is 5.75 Å². The molecule has 1 heterocycles. The molecule has 1 aromatic carbocycles. The molecule has 0 saturated heterocycles. The summed E-state index contributed by atoms with van der Waals surface area (Å²) >= 11 is 0. The minimum atomic E-state index is -0.405. The molecule has 0 radical (unpaired) electrons. The zero-order valence-corrected chi connectivity index (χ0v) is 15.1. The number of aliphatic hydroxyl groups excluding tert-OH is 1. The van der Waals surface area contributed by atoms with Crippen LogP contribution in [-0.2, 0) is 0 Å². The summed E-state index contributed by atoms with van der Waals surface area (Å²) in [4.78, 5) is 0. The standard InChI is InChI=1S/C21H28O3/c1-14(11-18(22)17-7-5-6-10-21(17,2)3)20-13-15-12-16(23-4)8-9-19(15)24-20/h7-9,12-14,18,22H,5-6,10-11H2,1-4H3/t14-,18?/m1/s1. The van der Waals surface area contributed by atoms with Crippen LogP contribution < -0.4 is 4.74 Å². The summed E-state index contributed by atoms with van der Waals surface area (Å²) in [6.45, 7) is 6.59. The van der Waals surface area contributed by atoms with E-state index in [4.69, 9.17) is 9.15 Å². The molecule has 3 rings (SSSR count). The number of aliphatic hydroxyl groups is 1. The van der Waals surface area contributed by atoms with Gasteiger partial charge in [0.2, 0.25) is 0 Å². The summed E-state index contributed by atoms with van der Waals surface area (Å²) in [5, 5.41) is 11.8. The predicted octanol–water partition coefficient (Wildman–Crippen LogP) is 5.43. The molecule has 0 saturated carbocycles. The Labute approximate surface area is 144 Å². The Balaban J connectivity index is 1.77. The van der Waals surface area contributed by atoms with Gasteiger partial charge in [0.15, 0.2) is 0 Å².